The molecule has 2 aromatic heterocycles. The first-order chi connectivity index (χ1) is 7.31. The molecule has 76 valence electrons. The third-order valence-corrected chi connectivity index (χ3v) is 1.92. The Bertz CT molecular complexity index is 458. The van der Waals surface area contributed by atoms with Gasteiger partial charge in [0.25, 0.3) is 0 Å². The number of ether oxygens (including phenoxy) is 1. The summed E-state index contributed by atoms with van der Waals surface area (Å²) in [7, 11) is 1.53. The Balaban J connectivity index is 2.43. The Morgan fingerprint density at radius 2 is 2.20 bits per heavy atom. The highest BCUT2D eigenvalue weighted by Crippen LogP contribution is 2.20. The van der Waals surface area contributed by atoms with Crippen LogP contribution in [-0.2, 0) is 0 Å². The second kappa shape index (κ2) is 3.91. The minimum Gasteiger partial charge on any atom is -0.491 e. The fraction of sp³-hybridized carbons (Fsp3) is 0.100. The van der Waals surface area contributed by atoms with E-state index in [-0.39, 0.29) is 0 Å². The molecule has 0 saturated heterocycles. The monoisotopic (exact) mass is 202 g/mol. The molecule has 2 N–H and O–H groups in total. The van der Waals surface area contributed by atoms with Gasteiger partial charge in [0.05, 0.1) is 13.3 Å². The average molecular weight is 202 g/mol. The van der Waals surface area contributed by atoms with E-state index in [9.17, 15) is 0 Å². The van der Waals surface area contributed by atoms with Crippen molar-refractivity contribution >= 4 is 5.82 Å². The summed E-state index contributed by atoms with van der Waals surface area (Å²) in [4.78, 5) is 12.2. The maximum absolute atomic E-state index is 5.67. The lowest BCUT2D eigenvalue weighted by Gasteiger charge is -2.04. The molecule has 0 saturated carbocycles. The van der Waals surface area contributed by atoms with Crippen LogP contribution in [0.5, 0.6) is 5.75 Å². The van der Waals surface area contributed by atoms with Gasteiger partial charge >= 0.3 is 0 Å². The maximum Gasteiger partial charge on any atom is 0.179 e. The quantitative estimate of drug-likeness (QED) is 0.790. The van der Waals surface area contributed by atoms with Crippen LogP contribution in [-0.4, -0.2) is 22.1 Å². The van der Waals surface area contributed by atoms with E-state index in [0.29, 0.717) is 17.4 Å². The van der Waals surface area contributed by atoms with Crippen molar-refractivity contribution in [2.75, 3.05) is 12.8 Å². The summed E-state index contributed by atoms with van der Waals surface area (Å²) in [5, 5.41) is 0. The van der Waals surface area contributed by atoms with Gasteiger partial charge in [-0.1, -0.05) is 0 Å². The summed E-state index contributed by atoms with van der Waals surface area (Å²) in [6.45, 7) is 0. The summed E-state index contributed by atoms with van der Waals surface area (Å²) in [5.74, 6) is 1.34. The molecule has 0 aliphatic carbocycles. The van der Waals surface area contributed by atoms with Crippen LogP contribution in [0.25, 0.3) is 11.4 Å². The summed E-state index contributed by atoms with van der Waals surface area (Å²) in [6.07, 6.45) is 4.92. The molecule has 2 rings (SSSR count). The zero-order chi connectivity index (χ0) is 10.7. The van der Waals surface area contributed by atoms with Gasteiger partial charge in [0.2, 0.25) is 0 Å². The Morgan fingerprint density at radius 1 is 1.33 bits per heavy atom. The normalized spacial score (nSPS) is 9.93. The molecule has 0 aliphatic heterocycles. The van der Waals surface area contributed by atoms with Gasteiger partial charge in [0.1, 0.15) is 0 Å². The van der Waals surface area contributed by atoms with Gasteiger partial charge in [-0.05, 0) is 12.1 Å². The van der Waals surface area contributed by atoms with E-state index in [1.165, 1.54) is 7.11 Å². The fourth-order valence-corrected chi connectivity index (χ4v) is 1.18. The largest absolute Gasteiger partial charge is 0.491 e. The molecular formula is C10H10N4O. The number of nitrogens with zero attached hydrogens (tertiary/aromatic N) is 3. The lowest BCUT2D eigenvalue weighted by atomic mass is 10.2. The Morgan fingerprint density at radius 3 is 2.80 bits per heavy atom. The van der Waals surface area contributed by atoms with Gasteiger partial charge in [-0.3, -0.25) is 4.98 Å². The summed E-state index contributed by atoms with van der Waals surface area (Å²) in [6, 6.07) is 3.69. The van der Waals surface area contributed by atoms with E-state index in [1.54, 1.807) is 18.6 Å². The molecule has 2 aromatic rings. The second-order valence-electron chi connectivity index (χ2n) is 2.89. The Labute approximate surface area is 87.0 Å². The van der Waals surface area contributed by atoms with Crippen molar-refractivity contribution in [3.63, 3.8) is 0 Å². The molecule has 0 radical (unpaired) electrons. The number of rotatable bonds is 2. The Hall–Kier alpha value is -2.17. The molecule has 0 spiro atoms. The number of hydrogen-bond donors (Lipinski definition) is 1. The van der Waals surface area contributed by atoms with Crippen molar-refractivity contribution in [1.82, 2.24) is 15.0 Å². The van der Waals surface area contributed by atoms with Gasteiger partial charge in [-0.2, -0.15) is 0 Å². The predicted octanol–water partition coefficient (Wildman–Crippen LogP) is 1.13. The SMILES string of the molecule is COc1cnc(-c2cccnc2)nc1N. The third kappa shape index (κ3) is 1.85. The number of anilines is 1. The molecular weight excluding hydrogens is 192 g/mol. The number of methoxy groups -OCH3 is 1. The number of nitrogens with two attached hydrogens (primary N) is 1. The number of aromatic nitrogens is 3. The highest BCUT2D eigenvalue weighted by atomic mass is 16.5. The summed E-state index contributed by atoms with van der Waals surface area (Å²) >= 11 is 0. The van der Waals surface area contributed by atoms with Crippen molar-refractivity contribution in [3.05, 3.63) is 30.7 Å². The Kier molecular flexibility index (Phi) is 2.45. The molecule has 0 bridgehead atoms. The van der Waals surface area contributed by atoms with Crippen molar-refractivity contribution in [1.29, 1.82) is 0 Å². The van der Waals surface area contributed by atoms with Gasteiger partial charge in [0, 0.05) is 18.0 Å². The van der Waals surface area contributed by atoms with Crippen LogP contribution in [0.15, 0.2) is 30.7 Å². The minimum absolute atomic E-state index is 0.325. The zero-order valence-corrected chi connectivity index (χ0v) is 8.21. The zero-order valence-electron chi connectivity index (χ0n) is 8.21. The van der Waals surface area contributed by atoms with Crippen LogP contribution in [0.4, 0.5) is 5.82 Å². The average Bonchev–Trinajstić information content (AvgIpc) is 2.30. The standard InChI is InChI=1S/C10H10N4O/c1-15-8-6-13-10(14-9(8)11)7-3-2-4-12-5-7/h2-6H,1H3,(H2,11,13,14). The summed E-state index contributed by atoms with van der Waals surface area (Å²) < 4.78 is 4.97. The highest BCUT2D eigenvalue weighted by Gasteiger charge is 2.05. The van der Waals surface area contributed by atoms with Crippen LogP contribution >= 0.6 is 0 Å². The smallest absolute Gasteiger partial charge is 0.179 e. The molecule has 5 heteroatoms. The third-order valence-electron chi connectivity index (χ3n) is 1.92. The van der Waals surface area contributed by atoms with Crippen LogP contribution < -0.4 is 10.5 Å². The molecule has 2 heterocycles. The van der Waals surface area contributed by atoms with Crippen LogP contribution in [0.3, 0.4) is 0 Å². The topological polar surface area (TPSA) is 73.9 Å². The molecule has 0 unspecified atom stereocenters. The van der Waals surface area contributed by atoms with Crippen molar-refractivity contribution in [2.24, 2.45) is 0 Å². The van der Waals surface area contributed by atoms with E-state index < -0.39 is 0 Å². The van der Waals surface area contributed by atoms with Crippen molar-refractivity contribution in [2.45, 2.75) is 0 Å². The lowest BCUT2D eigenvalue weighted by Crippen LogP contribution is -1.99. The van der Waals surface area contributed by atoms with Gasteiger partial charge in [0.15, 0.2) is 17.4 Å². The predicted molar refractivity (Wildman–Crippen MR) is 56.2 cm³/mol. The van der Waals surface area contributed by atoms with E-state index in [2.05, 4.69) is 15.0 Å². The van der Waals surface area contributed by atoms with Crippen LogP contribution in [0, 0.1) is 0 Å². The molecule has 0 aliphatic rings. The van der Waals surface area contributed by atoms with Crippen LogP contribution in [0.2, 0.25) is 0 Å². The molecule has 0 atom stereocenters. The number of pyridine rings is 1. The van der Waals surface area contributed by atoms with Gasteiger partial charge < -0.3 is 10.5 Å². The lowest BCUT2D eigenvalue weighted by molar-refractivity contribution is 0.413. The van der Waals surface area contributed by atoms with Crippen molar-refractivity contribution < 1.29 is 4.74 Å². The second-order valence-corrected chi connectivity index (χ2v) is 2.89. The van der Waals surface area contributed by atoms with Crippen LogP contribution in [0.1, 0.15) is 0 Å². The number of nitrogen functional groups attached to an aromatic ring is 1. The van der Waals surface area contributed by atoms with Gasteiger partial charge in [-0.25, -0.2) is 9.97 Å². The first-order valence-corrected chi connectivity index (χ1v) is 4.38. The van der Waals surface area contributed by atoms with E-state index in [0.717, 1.165) is 5.56 Å². The summed E-state index contributed by atoms with van der Waals surface area (Å²) in [5.41, 5.74) is 6.50. The molecule has 0 aromatic carbocycles. The minimum atomic E-state index is 0.325. The van der Waals surface area contributed by atoms with Gasteiger partial charge in [-0.15, -0.1) is 0 Å². The molecule has 0 fully saturated rings. The maximum atomic E-state index is 5.67. The van der Waals surface area contributed by atoms with Crippen molar-refractivity contribution in [3.8, 4) is 17.1 Å². The molecule has 0 amide bonds. The first-order valence-electron chi connectivity index (χ1n) is 4.38. The number of hydrogen-bond acceptors (Lipinski definition) is 5. The van der Waals surface area contributed by atoms with E-state index in [4.69, 9.17) is 10.5 Å². The van der Waals surface area contributed by atoms with E-state index >= 15 is 0 Å². The fourth-order valence-electron chi connectivity index (χ4n) is 1.18. The highest BCUT2D eigenvalue weighted by molar-refractivity contribution is 5.57. The molecule has 5 nitrogen and oxygen atoms in total. The van der Waals surface area contributed by atoms with E-state index in [1.807, 2.05) is 12.1 Å². The molecule has 15 heavy (non-hydrogen) atoms. The first kappa shape index (κ1) is 9.39.